The zero-order chi connectivity index (χ0) is 25.2. The van der Waals surface area contributed by atoms with Crippen molar-refractivity contribution < 1.29 is 43.9 Å². The number of benzene rings is 2. The molecule has 1 saturated heterocycles. The van der Waals surface area contributed by atoms with E-state index in [9.17, 15) is 43.9 Å². The van der Waals surface area contributed by atoms with E-state index in [-0.39, 0.29) is 26.2 Å². The van der Waals surface area contributed by atoms with Crippen molar-refractivity contribution in [2.24, 2.45) is 0 Å². The summed E-state index contributed by atoms with van der Waals surface area (Å²) in [5.41, 5.74) is -2.23. The third-order valence-corrected chi connectivity index (χ3v) is 5.34. The number of anilines is 2. The first-order chi connectivity index (χ1) is 16.0. The minimum atomic E-state index is -2.24. The number of halogens is 10. The molecule has 14 heteroatoms. The van der Waals surface area contributed by atoms with Gasteiger partial charge in [-0.1, -0.05) is 0 Å². The molecule has 188 valence electrons. The van der Waals surface area contributed by atoms with Crippen molar-refractivity contribution in [2.75, 3.05) is 63.0 Å². The molecule has 0 bridgehead atoms. The molecule has 0 aromatic heterocycles. The van der Waals surface area contributed by atoms with Crippen LogP contribution in [0.15, 0.2) is 0 Å². The molecule has 0 unspecified atom stereocenters. The molecule has 2 aromatic rings. The zero-order valence-electron chi connectivity index (χ0n) is 17.3. The first-order valence-electron chi connectivity index (χ1n) is 9.99. The lowest BCUT2D eigenvalue weighted by atomic mass is 10.2. The first kappa shape index (κ1) is 25.9. The topological polar surface area (TPSA) is 30.5 Å². The zero-order valence-corrected chi connectivity index (χ0v) is 17.3. The molecular formula is C20H18F10N4. The van der Waals surface area contributed by atoms with Crippen LogP contribution >= 0.6 is 0 Å². The maximum Gasteiger partial charge on any atom is 0.200 e. The molecule has 1 aliphatic heterocycles. The Bertz CT molecular complexity index is 915. The Morgan fingerprint density at radius 3 is 0.912 bits per heavy atom. The normalized spacial score (nSPS) is 15.1. The van der Waals surface area contributed by atoms with E-state index in [1.807, 2.05) is 9.80 Å². The van der Waals surface area contributed by atoms with Crippen LogP contribution in [0.4, 0.5) is 55.3 Å². The van der Waals surface area contributed by atoms with Crippen molar-refractivity contribution in [3.05, 3.63) is 58.2 Å². The molecule has 1 fully saturated rings. The molecule has 2 N–H and O–H groups in total. The van der Waals surface area contributed by atoms with Gasteiger partial charge in [0.05, 0.1) is 0 Å². The lowest BCUT2D eigenvalue weighted by Gasteiger charge is -2.34. The molecule has 4 nitrogen and oxygen atoms in total. The summed E-state index contributed by atoms with van der Waals surface area (Å²) in [7, 11) is 0. The molecule has 0 radical (unpaired) electrons. The van der Waals surface area contributed by atoms with Crippen LogP contribution in [0.25, 0.3) is 0 Å². The van der Waals surface area contributed by atoms with Gasteiger partial charge in [-0.05, 0) is 0 Å². The SMILES string of the molecule is Fc1c(F)c(F)c(NCCN2CCN(CCNc3c(F)c(F)c(F)c(F)c3F)CC2)c(F)c1F. The third-order valence-electron chi connectivity index (χ3n) is 5.34. The molecule has 0 spiro atoms. The van der Waals surface area contributed by atoms with Gasteiger partial charge in [-0.25, -0.2) is 43.9 Å². The molecule has 0 aliphatic carbocycles. The minimum Gasteiger partial charge on any atom is -0.379 e. The van der Waals surface area contributed by atoms with Gasteiger partial charge in [0, 0.05) is 52.4 Å². The molecule has 34 heavy (non-hydrogen) atoms. The fourth-order valence-electron chi connectivity index (χ4n) is 3.43. The fraction of sp³-hybridized carbons (Fsp3) is 0.400. The number of hydrogen-bond donors (Lipinski definition) is 2. The molecule has 1 aliphatic rings. The van der Waals surface area contributed by atoms with Gasteiger partial charge in [0.15, 0.2) is 46.5 Å². The van der Waals surface area contributed by atoms with Crippen LogP contribution < -0.4 is 10.6 Å². The average molecular weight is 504 g/mol. The van der Waals surface area contributed by atoms with Crippen molar-refractivity contribution in [3.8, 4) is 0 Å². The van der Waals surface area contributed by atoms with Gasteiger partial charge >= 0.3 is 0 Å². The molecule has 0 amide bonds. The van der Waals surface area contributed by atoms with Crippen molar-refractivity contribution in [1.82, 2.24) is 9.80 Å². The summed E-state index contributed by atoms with van der Waals surface area (Å²) in [6.07, 6.45) is 0. The van der Waals surface area contributed by atoms with Gasteiger partial charge in [-0.3, -0.25) is 9.80 Å². The Morgan fingerprint density at radius 1 is 0.412 bits per heavy atom. The largest absolute Gasteiger partial charge is 0.379 e. The minimum absolute atomic E-state index is 0.111. The predicted molar refractivity (Wildman–Crippen MR) is 102 cm³/mol. The molecule has 3 rings (SSSR count). The summed E-state index contributed by atoms with van der Waals surface area (Å²) in [6, 6.07) is 0. The maximum absolute atomic E-state index is 13.7. The van der Waals surface area contributed by atoms with Crippen molar-refractivity contribution in [3.63, 3.8) is 0 Å². The molecular weight excluding hydrogens is 486 g/mol. The Hall–Kier alpha value is -2.74. The smallest absolute Gasteiger partial charge is 0.200 e. The first-order valence-corrected chi connectivity index (χ1v) is 9.99. The van der Waals surface area contributed by atoms with Crippen LogP contribution in [-0.2, 0) is 0 Å². The van der Waals surface area contributed by atoms with E-state index in [1.54, 1.807) is 0 Å². The second kappa shape index (κ2) is 10.7. The Kier molecular flexibility index (Phi) is 8.13. The number of nitrogens with one attached hydrogen (secondary N) is 2. The fourth-order valence-corrected chi connectivity index (χ4v) is 3.43. The van der Waals surface area contributed by atoms with E-state index in [4.69, 9.17) is 0 Å². The van der Waals surface area contributed by atoms with E-state index in [1.165, 1.54) is 0 Å². The third kappa shape index (κ3) is 5.17. The number of hydrogen-bond acceptors (Lipinski definition) is 4. The van der Waals surface area contributed by atoms with E-state index in [0.29, 0.717) is 26.2 Å². The Balaban J connectivity index is 1.44. The standard InChI is InChI=1S/C20H18F10N4/c21-9-11(23)15(27)19(16(28)12(9)24)31-1-3-33-5-7-34(8-6-33)4-2-32-20-17(29)13(25)10(22)14(26)18(20)30/h31-32H,1-8H2. The van der Waals surface area contributed by atoms with E-state index >= 15 is 0 Å². The second-order valence-corrected chi connectivity index (χ2v) is 7.43. The maximum atomic E-state index is 13.7. The van der Waals surface area contributed by atoms with Crippen molar-refractivity contribution >= 4 is 11.4 Å². The highest BCUT2D eigenvalue weighted by Crippen LogP contribution is 2.28. The van der Waals surface area contributed by atoms with E-state index in [0.717, 1.165) is 0 Å². The highest BCUT2D eigenvalue weighted by Gasteiger charge is 2.27. The van der Waals surface area contributed by atoms with Crippen molar-refractivity contribution in [2.45, 2.75) is 0 Å². The van der Waals surface area contributed by atoms with Gasteiger partial charge in [0.25, 0.3) is 0 Å². The monoisotopic (exact) mass is 504 g/mol. The molecule has 2 aromatic carbocycles. The Labute approximate surface area is 187 Å². The van der Waals surface area contributed by atoms with Gasteiger partial charge in [0.2, 0.25) is 11.6 Å². The summed E-state index contributed by atoms with van der Waals surface area (Å²) < 4.78 is 134. The highest BCUT2D eigenvalue weighted by molar-refractivity contribution is 5.48. The van der Waals surface area contributed by atoms with Gasteiger partial charge in [-0.15, -0.1) is 0 Å². The average Bonchev–Trinajstić information content (AvgIpc) is 2.84. The molecule has 1 heterocycles. The number of rotatable bonds is 8. The van der Waals surface area contributed by atoms with Crippen LogP contribution in [-0.4, -0.2) is 62.2 Å². The number of nitrogens with zero attached hydrogens (tertiary/aromatic N) is 2. The van der Waals surface area contributed by atoms with Crippen LogP contribution in [0.3, 0.4) is 0 Å². The van der Waals surface area contributed by atoms with Gasteiger partial charge in [-0.2, -0.15) is 0 Å². The van der Waals surface area contributed by atoms with Crippen LogP contribution in [0.5, 0.6) is 0 Å². The van der Waals surface area contributed by atoms with Crippen LogP contribution in [0.2, 0.25) is 0 Å². The summed E-state index contributed by atoms with van der Waals surface area (Å²) in [5.74, 6) is -20.5. The van der Waals surface area contributed by atoms with Crippen LogP contribution in [0, 0.1) is 58.2 Å². The summed E-state index contributed by atoms with van der Waals surface area (Å²) in [6.45, 7) is 2.00. The summed E-state index contributed by atoms with van der Waals surface area (Å²) in [4.78, 5) is 3.68. The summed E-state index contributed by atoms with van der Waals surface area (Å²) in [5, 5.41) is 4.41. The number of piperazine rings is 1. The van der Waals surface area contributed by atoms with Crippen molar-refractivity contribution in [1.29, 1.82) is 0 Å². The lowest BCUT2D eigenvalue weighted by molar-refractivity contribution is 0.140. The summed E-state index contributed by atoms with van der Waals surface area (Å²) >= 11 is 0. The molecule has 0 atom stereocenters. The lowest BCUT2D eigenvalue weighted by Crippen LogP contribution is -2.48. The predicted octanol–water partition coefficient (Wildman–Crippen LogP) is 4.22. The van der Waals surface area contributed by atoms with E-state index in [2.05, 4.69) is 10.6 Å². The second-order valence-electron chi connectivity index (χ2n) is 7.43. The highest BCUT2D eigenvalue weighted by atomic mass is 19.2. The molecule has 0 saturated carbocycles. The van der Waals surface area contributed by atoms with E-state index < -0.39 is 69.5 Å². The van der Waals surface area contributed by atoms with Gasteiger partial charge in [0.1, 0.15) is 11.4 Å². The Morgan fingerprint density at radius 2 is 0.647 bits per heavy atom. The van der Waals surface area contributed by atoms with Crippen LogP contribution in [0.1, 0.15) is 0 Å². The quantitative estimate of drug-likeness (QED) is 0.320. The van der Waals surface area contributed by atoms with Gasteiger partial charge < -0.3 is 10.6 Å².